The second-order valence-corrected chi connectivity index (χ2v) is 9.81. The Morgan fingerprint density at radius 1 is 0.765 bits per heavy atom. The highest BCUT2D eigenvalue weighted by molar-refractivity contribution is 5.67. The highest BCUT2D eigenvalue weighted by atomic mass is 16.6. The molecule has 1 unspecified atom stereocenters. The summed E-state index contributed by atoms with van der Waals surface area (Å²) in [6.07, 6.45) is 16.7. The van der Waals surface area contributed by atoms with Gasteiger partial charge in [-0.1, -0.05) is 96.6 Å². The van der Waals surface area contributed by atoms with Gasteiger partial charge in [0.2, 0.25) is 0 Å². The first kappa shape index (κ1) is 30.0. The first-order valence-electron chi connectivity index (χ1n) is 13.4. The first-order chi connectivity index (χ1) is 16.4. The Bertz CT molecular complexity index is 670. The van der Waals surface area contributed by atoms with Crippen molar-refractivity contribution >= 4 is 11.9 Å². The van der Waals surface area contributed by atoms with Crippen molar-refractivity contribution in [1.82, 2.24) is 0 Å². The van der Waals surface area contributed by atoms with Gasteiger partial charge in [-0.05, 0) is 36.5 Å². The molecular formula is C29H48O5. The fraction of sp³-hybridized carbons (Fsp3) is 0.724. The Balaban J connectivity index is 2.13. The third kappa shape index (κ3) is 17.4. The molecule has 0 saturated carbocycles. The van der Waals surface area contributed by atoms with Gasteiger partial charge in [0.1, 0.15) is 19.0 Å². The van der Waals surface area contributed by atoms with Crippen LogP contribution in [-0.2, 0) is 25.5 Å². The minimum atomic E-state index is -0.616. The summed E-state index contributed by atoms with van der Waals surface area (Å²) in [4.78, 5) is 22.3. The largest absolute Gasteiger partial charge is 0.490 e. The summed E-state index contributed by atoms with van der Waals surface area (Å²) in [7, 11) is 0. The fourth-order valence-corrected chi connectivity index (χ4v) is 4.01. The van der Waals surface area contributed by atoms with Crippen LogP contribution in [0.3, 0.4) is 0 Å². The minimum Gasteiger partial charge on any atom is -0.490 e. The van der Waals surface area contributed by atoms with Crippen molar-refractivity contribution in [3.63, 3.8) is 0 Å². The van der Waals surface area contributed by atoms with E-state index in [0.29, 0.717) is 0 Å². The van der Waals surface area contributed by atoms with Crippen LogP contribution < -0.4 is 4.74 Å². The zero-order chi connectivity index (χ0) is 25.0. The first-order valence-corrected chi connectivity index (χ1v) is 13.4. The van der Waals surface area contributed by atoms with Crippen molar-refractivity contribution < 1.29 is 23.8 Å². The van der Waals surface area contributed by atoms with E-state index in [1.807, 2.05) is 18.2 Å². The van der Waals surface area contributed by atoms with E-state index in [1.54, 1.807) is 0 Å². The number of hydrogen-bond donors (Lipinski definition) is 0. The minimum absolute atomic E-state index is 0.00704. The van der Waals surface area contributed by atoms with E-state index in [4.69, 9.17) is 14.2 Å². The summed E-state index contributed by atoms with van der Waals surface area (Å²) in [6.45, 7) is 7.42. The normalized spacial score (nSPS) is 11.9. The fourth-order valence-electron chi connectivity index (χ4n) is 4.01. The van der Waals surface area contributed by atoms with Gasteiger partial charge in [0.15, 0.2) is 6.10 Å². The van der Waals surface area contributed by atoms with E-state index in [1.165, 1.54) is 96.5 Å². The Labute approximate surface area is 207 Å². The van der Waals surface area contributed by atoms with Crippen LogP contribution in [0.15, 0.2) is 24.3 Å². The van der Waals surface area contributed by atoms with E-state index < -0.39 is 18.0 Å². The lowest BCUT2D eigenvalue weighted by Crippen LogP contribution is -2.29. The van der Waals surface area contributed by atoms with Crippen LogP contribution in [-0.4, -0.2) is 31.3 Å². The quantitative estimate of drug-likeness (QED) is 0.144. The van der Waals surface area contributed by atoms with Gasteiger partial charge in [-0.25, -0.2) is 0 Å². The Kier molecular flexibility index (Phi) is 17.0. The van der Waals surface area contributed by atoms with Crippen molar-refractivity contribution in [3.8, 4) is 5.75 Å². The van der Waals surface area contributed by atoms with E-state index in [0.717, 1.165) is 18.1 Å². The maximum Gasteiger partial charge on any atom is 0.303 e. The Hall–Kier alpha value is -2.04. The summed E-state index contributed by atoms with van der Waals surface area (Å²) in [6, 6.07) is 8.04. The molecule has 194 valence electrons. The van der Waals surface area contributed by atoms with Crippen LogP contribution >= 0.6 is 0 Å². The molecule has 1 rings (SSSR count). The number of benzene rings is 1. The molecule has 0 saturated heterocycles. The van der Waals surface area contributed by atoms with E-state index in [-0.39, 0.29) is 13.2 Å². The molecule has 0 aromatic heterocycles. The molecule has 1 atom stereocenters. The number of esters is 2. The number of rotatable bonds is 20. The predicted octanol–water partition coefficient (Wildman–Crippen LogP) is 7.44. The Morgan fingerprint density at radius 3 is 1.91 bits per heavy atom. The third-order valence-corrected chi connectivity index (χ3v) is 5.89. The zero-order valence-corrected chi connectivity index (χ0v) is 22.1. The number of carbonyl (C=O) groups excluding carboxylic acids is 2. The average Bonchev–Trinajstić information content (AvgIpc) is 2.78. The van der Waals surface area contributed by atoms with Crippen LogP contribution in [0.2, 0.25) is 0 Å². The maximum atomic E-state index is 11.3. The lowest BCUT2D eigenvalue weighted by molar-refractivity contribution is -0.158. The third-order valence-electron chi connectivity index (χ3n) is 5.89. The van der Waals surface area contributed by atoms with Gasteiger partial charge in [-0.15, -0.1) is 0 Å². The van der Waals surface area contributed by atoms with E-state index in [2.05, 4.69) is 19.9 Å². The summed E-state index contributed by atoms with van der Waals surface area (Å²) in [5.74, 6) is 0.753. The number of carbonyl (C=O) groups is 2. The molecule has 1 aromatic carbocycles. The van der Waals surface area contributed by atoms with Gasteiger partial charge < -0.3 is 14.2 Å². The van der Waals surface area contributed by atoms with Crippen LogP contribution in [0.4, 0.5) is 0 Å². The van der Waals surface area contributed by atoms with Crippen molar-refractivity contribution in [3.05, 3.63) is 29.8 Å². The van der Waals surface area contributed by atoms with Crippen molar-refractivity contribution in [2.75, 3.05) is 13.2 Å². The summed E-state index contributed by atoms with van der Waals surface area (Å²) < 4.78 is 15.9. The molecule has 0 bridgehead atoms. The van der Waals surface area contributed by atoms with Crippen LogP contribution in [0.5, 0.6) is 5.75 Å². The van der Waals surface area contributed by atoms with Crippen molar-refractivity contribution in [2.24, 2.45) is 5.92 Å². The molecular weight excluding hydrogens is 428 g/mol. The van der Waals surface area contributed by atoms with Crippen LogP contribution in [0.1, 0.15) is 110 Å². The molecule has 0 aliphatic heterocycles. The molecule has 5 nitrogen and oxygen atoms in total. The standard InChI is InChI=1S/C29H48O5/c1-24(2)17-14-12-10-8-6-5-7-9-11-13-15-18-27-19-16-20-28(21-27)33-23-29(34-26(4)31)22-32-25(3)30/h16,19-21,24,29H,5-15,17-18,22-23H2,1-4H3. The van der Waals surface area contributed by atoms with E-state index in [9.17, 15) is 9.59 Å². The SMILES string of the molecule is CC(=O)OCC(COc1cccc(CCCCCCCCCCCCCC(C)C)c1)OC(C)=O. The van der Waals surface area contributed by atoms with Gasteiger partial charge >= 0.3 is 11.9 Å². The van der Waals surface area contributed by atoms with Crippen molar-refractivity contribution in [1.29, 1.82) is 0 Å². The summed E-state index contributed by atoms with van der Waals surface area (Å²) in [5.41, 5.74) is 1.25. The van der Waals surface area contributed by atoms with Crippen LogP contribution in [0, 0.1) is 5.92 Å². The molecule has 1 aromatic rings. The zero-order valence-electron chi connectivity index (χ0n) is 22.1. The number of ether oxygens (including phenoxy) is 3. The number of hydrogen-bond acceptors (Lipinski definition) is 5. The molecule has 0 aliphatic carbocycles. The topological polar surface area (TPSA) is 61.8 Å². The van der Waals surface area contributed by atoms with E-state index >= 15 is 0 Å². The molecule has 0 amide bonds. The highest BCUT2D eigenvalue weighted by Gasteiger charge is 2.15. The van der Waals surface area contributed by atoms with Gasteiger partial charge in [-0.2, -0.15) is 0 Å². The molecule has 0 spiro atoms. The lowest BCUT2D eigenvalue weighted by Gasteiger charge is -2.17. The number of unbranched alkanes of at least 4 members (excludes halogenated alkanes) is 10. The molecule has 5 heteroatoms. The molecule has 0 N–H and O–H groups in total. The van der Waals surface area contributed by atoms with Gasteiger partial charge in [0.25, 0.3) is 0 Å². The van der Waals surface area contributed by atoms with Gasteiger partial charge in [0.05, 0.1) is 0 Å². The maximum absolute atomic E-state index is 11.3. The predicted molar refractivity (Wildman–Crippen MR) is 138 cm³/mol. The second-order valence-electron chi connectivity index (χ2n) is 9.81. The van der Waals surface area contributed by atoms with Crippen LogP contribution in [0.25, 0.3) is 0 Å². The highest BCUT2D eigenvalue weighted by Crippen LogP contribution is 2.18. The summed E-state index contributed by atoms with van der Waals surface area (Å²) in [5, 5.41) is 0. The second kappa shape index (κ2) is 19.3. The average molecular weight is 477 g/mol. The lowest BCUT2D eigenvalue weighted by atomic mass is 10.0. The smallest absolute Gasteiger partial charge is 0.303 e. The molecule has 0 heterocycles. The summed E-state index contributed by atoms with van der Waals surface area (Å²) >= 11 is 0. The molecule has 0 radical (unpaired) electrons. The monoisotopic (exact) mass is 476 g/mol. The molecule has 0 aliphatic rings. The van der Waals surface area contributed by atoms with Gasteiger partial charge in [-0.3, -0.25) is 9.59 Å². The van der Waals surface area contributed by atoms with Crippen molar-refractivity contribution in [2.45, 2.75) is 117 Å². The van der Waals surface area contributed by atoms with Gasteiger partial charge in [0, 0.05) is 13.8 Å². The Morgan fingerprint density at radius 2 is 1.35 bits per heavy atom. The molecule has 0 fully saturated rings. The number of aryl methyl sites for hydroxylation is 1. The molecule has 34 heavy (non-hydrogen) atoms.